The molecule has 1 aliphatic rings. The summed E-state index contributed by atoms with van der Waals surface area (Å²) in [5, 5.41) is 1.94. The Hall–Kier alpha value is -2.32. The summed E-state index contributed by atoms with van der Waals surface area (Å²) in [5.74, 6) is 0.565. The van der Waals surface area contributed by atoms with Crippen LogP contribution >= 0.6 is 0 Å². The molecule has 0 spiro atoms. The van der Waals surface area contributed by atoms with Gasteiger partial charge >= 0.3 is 0 Å². The molecular weight excluding hydrogens is 282 g/mol. The van der Waals surface area contributed by atoms with E-state index in [1.807, 2.05) is 17.2 Å². The van der Waals surface area contributed by atoms with Crippen molar-refractivity contribution >= 4 is 17.8 Å². The van der Waals surface area contributed by atoms with Crippen molar-refractivity contribution < 1.29 is 4.84 Å². The van der Waals surface area contributed by atoms with Gasteiger partial charge in [-0.1, -0.05) is 80.6 Å². The SMILES string of the molecule is CON1c2ccccc2C=CC1C=Cc1ccc(C(C)C)cc1. The van der Waals surface area contributed by atoms with E-state index in [2.05, 4.69) is 74.5 Å². The van der Waals surface area contributed by atoms with Gasteiger partial charge in [-0.25, -0.2) is 5.06 Å². The minimum Gasteiger partial charge on any atom is -0.276 e. The van der Waals surface area contributed by atoms with Crippen LogP contribution in [-0.4, -0.2) is 13.2 Å². The van der Waals surface area contributed by atoms with Crippen molar-refractivity contribution in [2.75, 3.05) is 12.2 Å². The predicted octanol–water partition coefficient (Wildman–Crippen LogP) is 5.29. The van der Waals surface area contributed by atoms with Crippen LogP contribution in [0.2, 0.25) is 0 Å². The molecule has 0 radical (unpaired) electrons. The maximum Gasteiger partial charge on any atom is 0.0933 e. The van der Waals surface area contributed by atoms with Crippen molar-refractivity contribution in [2.45, 2.75) is 25.8 Å². The minimum absolute atomic E-state index is 0.0969. The third-order valence-electron chi connectivity index (χ3n) is 4.20. The number of para-hydroxylation sites is 1. The number of fused-ring (bicyclic) bond motifs is 1. The van der Waals surface area contributed by atoms with Crippen molar-refractivity contribution in [2.24, 2.45) is 0 Å². The van der Waals surface area contributed by atoms with Crippen LogP contribution < -0.4 is 5.06 Å². The molecule has 1 atom stereocenters. The van der Waals surface area contributed by atoms with Crippen LogP contribution in [0, 0.1) is 0 Å². The fourth-order valence-electron chi connectivity index (χ4n) is 2.83. The van der Waals surface area contributed by atoms with Crippen molar-refractivity contribution in [1.29, 1.82) is 0 Å². The topological polar surface area (TPSA) is 12.5 Å². The number of nitrogens with zero attached hydrogens (tertiary/aromatic N) is 1. The van der Waals surface area contributed by atoms with Gasteiger partial charge in [-0.3, -0.25) is 4.84 Å². The highest BCUT2D eigenvalue weighted by molar-refractivity contribution is 5.72. The normalized spacial score (nSPS) is 17.0. The molecule has 0 N–H and O–H groups in total. The van der Waals surface area contributed by atoms with E-state index in [1.165, 1.54) is 16.7 Å². The van der Waals surface area contributed by atoms with E-state index in [4.69, 9.17) is 4.84 Å². The first-order chi connectivity index (χ1) is 11.2. The molecule has 0 saturated heterocycles. The van der Waals surface area contributed by atoms with Crippen molar-refractivity contribution in [1.82, 2.24) is 0 Å². The highest BCUT2D eigenvalue weighted by atomic mass is 16.7. The van der Waals surface area contributed by atoms with Crippen LogP contribution in [0.3, 0.4) is 0 Å². The number of anilines is 1. The Labute approximate surface area is 138 Å². The molecule has 1 aliphatic heterocycles. The first-order valence-electron chi connectivity index (χ1n) is 8.08. The average Bonchev–Trinajstić information content (AvgIpc) is 2.59. The Balaban J connectivity index is 1.80. The summed E-state index contributed by atoms with van der Waals surface area (Å²) in [6.07, 6.45) is 8.63. The molecule has 2 nitrogen and oxygen atoms in total. The van der Waals surface area contributed by atoms with Crippen LogP contribution in [0.1, 0.15) is 36.5 Å². The quantitative estimate of drug-likeness (QED) is 0.761. The number of benzene rings is 2. The van der Waals surface area contributed by atoms with Gasteiger partial charge in [-0.15, -0.1) is 0 Å². The summed E-state index contributed by atoms with van der Waals surface area (Å²) in [7, 11) is 1.72. The van der Waals surface area contributed by atoms with Gasteiger partial charge < -0.3 is 0 Å². The molecule has 0 fully saturated rings. The lowest BCUT2D eigenvalue weighted by Gasteiger charge is -2.31. The second-order valence-corrected chi connectivity index (χ2v) is 6.10. The summed E-state index contributed by atoms with van der Waals surface area (Å²) in [4.78, 5) is 5.60. The molecule has 0 aromatic heterocycles. The van der Waals surface area contributed by atoms with Crippen LogP contribution in [0.25, 0.3) is 12.2 Å². The molecule has 1 heterocycles. The van der Waals surface area contributed by atoms with E-state index in [0.717, 1.165) is 5.69 Å². The standard InChI is InChI=1S/C21H23NO/c1-16(2)18-11-8-17(9-12-18)10-14-20-15-13-19-6-4-5-7-21(19)22(20)23-3/h4-16,20H,1-3H3. The van der Waals surface area contributed by atoms with Crippen LogP contribution in [0.15, 0.2) is 60.7 Å². The Morgan fingerprint density at radius 3 is 2.48 bits per heavy atom. The van der Waals surface area contributed by atoms with Gasteiger partial charge in [0.15, 0.2) is 0 Å². The minimum atomic E-state index is 0.0969. The first-order valence-corrected chi connectivity index (χ1v) is 8.08. The molecule has 0 bridgehead atoms. The van der Waals surface area contributed by atoms with Gasteiger partial charge in [-0.2, -0.15) is 0 Å². The van der Waals surface area contributed by atoms with Crippen molar-refractivity contribution in [3.63, 3.8) is 0 Å². The van der Waals surface area contributed by atoms with Gasteiger partial charge in [-0.05, 0) is 28.7 Å². The van der Waals surface area contributed by atoms with E-state index in [0.29, 0.717) is 5.92 Å². The van der Waals surface area contributed by atoms with Crippen molar-refractivity contribution in [3.05, 3.63) is 77.4 Å². The molecular formula is C21H23NO. The molecule has 118 valence electrons. The zero-order valence-electron chi connectivity index (χ0n) is 13.9. The largest absolute Gasteiger partial charge is 0.276 e. The number of rotatable bonds is 4. The van der Waals surface area contributed by atoms with Crippen LogP contribution in [-0.2, 0) is 4.84 Å². The Morgan fingerprint density at radius 2 is 1.78 bits per heavy atom. The molecule has 0 saturated carbocycles. The van der Waals surface area contributed by atoms with Gasteiger partial charge in [0.1, 0.15) is 0 Å². The summed E-state index contributed by atoms with van der Waals surface area (Å²) >= 11 is 0. The van der Waals surface area contributed by atoms with Crippen LogP contribution in [0.4, 0.5) is 5.69 Å². The first kappa shape index (κ1) is 15.6. The second-order valence-electron chi connectivity index (χ2n) is 6.10. The predicted molar refractivity (Wildman–Crippen MR) is 98.3 cm³/mol. The highest BCUT2D eigenvalue weighted by Gasteiger charge is 2.19. The zero-order chi connectivity index (χ0) is 16.2. The van der Waals surface area contributed by atoms with Gasteiger partial charge in [0, 0.05) is 0 Å². The van der Waals surface area contributed by atoms with E-state index in [9.17, 15) is 0 Å². The molecule has 0 amide bonds. The second kappa shape index (κ2) is 6.84. The fraction of sp³-hybridized carbons (Fsp3) is 0.238. The van der Waals surface area contributed by atoms with Crippen LogP contribution in [0.5, 0.6) is 0 Å². The fourth-order valence-corrected chi connectivity index (χ4v) is 2.83. The Morgan fingerprint density at radius 1 is 1.04 bits per heavy atom. The van der Waals surface area contributed by atoms with Gasteiger partial charge in [0.2, 0.25) is 0 Å². The number of hydrogen-bond donors (Lipinski definition) is 0. The van der Waals surface area contributed by atoms with E-state index < -0.39 is 0 Å². The molecule has 3 rings (SSSR count). The number of hydrogen-bond acceptors (Lipinski definition) is 2. The maximum atomic E-state index is 5.60. The lowest BCUT2D eigenvalue weighted by Crippen LogP contribution is -2.33. The Kier molecular flexibility index (Phi) is 4.63. The van der Waals surface area contributed by atoms with E-state index >= 15 is 0 Å². The summed E-state index contributed by atoms with van der Waals surface area (Å²) < 4.78 is 0. The highest BCUT2D eigenvalue weighted by Crippen LogP contribution is 2.29. The third kappa shape index (κ3) is 3.38. The molecule has 2 aromatic rings. The summed E-state index contributed by atoms with van der Waals surface area (Å²) in [6, 6.07) is 17.1. The molecule has 2 heteroatoms. The molecule has 0 aliphatic carbocycles. The van der Waals surface area contributed by atoms with Gasteiger partial charge in [0.05, 0.1) is 18.8 Å². The lowest BCUT2D eigenvalue weighted by atomic mass is 10.0. The maximum absolute atomic E-state index is 5.60. The number of hydroxylamine groups is 1. The Bertz CT molecular complexity index is 713. The lowest BCUT2D eigenvalue weighted by molar-refractivity contribution is 0.160. The third-order valence-corrected chi connectivity index (χ3v) is 4.20. The average molecular weight is 305 g/mol. The van der Waals surface area contributed by atoms with Gasteiger partial charge in [0.25, 0.3) is 0 Å². The summed E-state index contributed by atoms with van der Waals surface area (Å²) in [6.45, 7) is 4.43. The molecule has 23 heavy (non-hydrogen) atoms. The molecule has 1 unspecified atom stereocenters. The zero-order valence-corrected chi connectivity index (χ0v) is 13.9. The van der Waals surface area contributed by atoms with E-state index in [1.54, 1.807) is 7.11 Å². The van der Waals surface area contributed by atoms with Crippen molar-refractivity contribution in [3.8, 4) is 0 Å². The monoisotopic (exact) mass is 305 g/mol. The summed E-state index contributed by atoms with van der Waals surface area (Å²) in [5.41, 5.74) is 4.85. The van der Waals surface area contributed by atoms with E-state index in [-0.39, 0.29) is 6.04 Å². The smallest absolute Gasteiger partial charge is 0.0933 e. The molecule has 2 aromatic carbocycles.